The van der Waals surface area contributed by atoms with E-state index in [1.54, 1.807) is 0 Å². The minimum Gasteiger partial charge on any atom is -0.481 e. The van der Waals surface area contributed by atoms with Crippen molar-refractivity contribution in [2.75, 3.05) is 13.1 Å². The summed E-state index contributed by atoms with van der Waals surface area (Å²) < 4.78 is 2.21. The van der Waals surface area contributed by atoms with E-state index in [9.17, 15) is 15.0 Å². The van der Waals surface area contributed by atoms with Crippen LogP contribution >= 0.6 is 0 Å². The maximum absolute atomic E-state index is 12.3. The van der Waals surface area contributed by atoms with Gasteiger partial charge in [0.25, 0.3) is 0 Å². The number of hydrogen-bond donors (Lipinski definition) is 2. The molecule has 2 N–H and O–H groups in total. The lowest BCUT2D eigenvalue weighted by molar-refractivity contribution is -0.163. The summed E-state index contributed by atoms with van der Waals surface area (Å²) in [6.45, 7) is 4.78. The fourth-order valence-electron chi connectivity index (χ4n) is 4.60. The summed E-state index contributed by atoms with van der Waals surface area (Å²) in [6, 6.07) is 18.2. The molecule has 5 nitrogen and oxygen atoms in total. The van der Waals surface area contributed by atoms with Crippen LogP contribution < -0.4 is 0 Å². The van der Waals surface area contributed by atoms with Gasteiger partial charge in [-0.05, 0) is 54.5 Å². The van der Waals surface area contributed by atoms with E-state index in [4.69, 9.17) is 0 Å². The molecule has 2 heterocycles. The molecule has 3 aromatic rings. The van der Waals surface area contributed by atoms with Crippen molar-refractivity contribution < 1.29 is 15.0 Å². The summed E-state index contributed by atoms with van der Waals surface area (Å²) >= 11 is 0. The second kappa shape index (κ2) is 8.01. The number of aliphatic hydroxyl groups is 1. The number of piperidine rings is 1. The van der Waals surface area contributed by atoms with Gasteiger partial charge in [0.1, 0.15) is 5.41 Å². The number of carboxylic acid groups (broad SMARTS) is 1. The molecule has 4 rings (SSSR count). The highest BCUT2D eigenvalue weighted by Crippen LogP contribution is 2.35. The van der Waals surface area contributed by atoms with Crippen molar-refractivity contribution in [1.29, 1.82) is 0 Å². The molecule has 2 atom stereocenters. The van der Waals surface area contributed by atoms with Gasteiger partial charge in [-0.15, -0.1) is 0 Å². The first-order chi connectivity index (χ1) is 14.0. The number of carboxylic acids is 1. The Morgan fingerprint density at radius 2 is 1.93 bits per heavy atom. The monoisotopic (exact) mass is 392 g/mol. The lowest BCUT2D eigenvalue weighted by Crippen LogP contribution is -2.56. The number of likely N-dealkylation sites (tertiary alicyclic amines) is 1. The molecule has 0 saturated carbocycles. The van der Waals surface area contributed by atoms with Crippen LogP contribution in [0.1, 0.15) is 24.5 Å². The zero-order valence-corrected chi connectivity index (χ0v) is 16.8. The van der Waals surface area contributed by atoms with Crippen molar-refractivity contribution in [2.24, 2.45) is 5.41 Å². The number of carbonyl (C=O) groups is 1. The van der Waals surface area contributed by atoms with Crippen molar-refractivity contribution in [3.8, 4) is 0 Å². The predicted octanol–water partition coefficient (Wildman–Crippen LogP) is 3.54. The fraction of sp³-hybridized carbons (Fsp3) is 0.375. The molecule has 1 aliphatic heterocycles. The summed E-state index contributed by atoms with van der Waals surface area (Å²) in [5.74, 6) is -0.922. The molecule has 0 amide bonds. The van der Waals surface area contributed by atoms with Gasteiger partial charge in [-0.25, -0.2) is 0 Å². The Labute approximate surface area is 171 Å². The summed E-state index contributed by atoms with van der Waals surface area (Å²) in [5, 5.41) is 22.0. The summed E-state index contributed by atoms with van der Waals surface area (Å²) in [4.78, 5) is 14.5. The van der Waals surface area contributed by atoms with Crippen LogP contribution in [-0.2, 0) is 24.3 Å². The number of aromatic nitrogens is 1. The molecule has 0 unspecified atom stereocenters. The number of nitrogens with zero attached hydrogens (tertiary/aromatic N) is 2. The first kappa shape index (κ1) is 19.7. The lowest BCUT2D eigenvalue weighted by Gasteiger charge is -2.43. The van der Waals surface area contributed by atoms with E-state index in [-0.39, 0.29) is 0 Å². The molecular formula is C24H28N2O3. The molecule has 0 bridgehead atoms. The first-order valence-electron chi connectivity index (χ1n) is 10.3. The molecule has 0 aliphatic carbocycles. The van der Waals surface area contributed by atoms with E-state index in [1.807, 2.05) is 30.3 Å². The van der Waals surface area contributed by atoms with Gasteiger partial charge in [-0.3, -0.25) is 9.69 Å². The van der Waals surface area contributed by atoms with Crippen LogP contribution in [0, 0.1) is 5.41 Å². The third-order valence-corrected chi connectivity index (χ3v) is 6.23. The van der Waals surface area contributed by atoms with E-state index in [2.05, 4.69) is 46.9 Å². The topological polar surface area (TPSA) is 65.7 Å². The summed E-state index contributed by atoms with van der Waals surface area (Å²) in [7, 11) is 0. The van der Waals surface area contributed by atoms with Crippen molar-refractivity contribution >= 4 is 16.9 Å². The van der Waals surface area contributed by atoms with Crippen LogP contribution in [0.2, 0.25) is 0 Å². The SMILES string of the molecule is CCn1ccc2cc(CN3CC[C@H](O)[C@@](Cc4ccccc4)(C(=O)O)C3)ccc21. The van der Waals surface area contributed by atoms with Crippen molar-refractivity contribution in [3.63, 3.8) is 0 Å². The van der Waals surface area contributed by atoms with Gasteiger partial charge in [0.15, 0.2) is 0 Å². The number of aliphatic carboxylic acids is 1. The largest absolute Gasteiger partial charge is 0.481 e. The van der Waals surface area contributed by atoms with Crippen LogP contribution in [0.4, 0.5) is 0 Å². The summed E-state index contributed by atoms with van der Waals surface area (Å²) in [6.07, 6.45) is 2.05. The molecule has 0 spiro atoms. The quantitative estimate of drug-likeness (QED) is 0.673. The van der Waals surface area contributed by atoms with E-state index in [0.717, 1.165) is 12.1 Å². The molecule has 29 heavy (non-hydrogen) atoms. The van der Waals surface area contributed by atoms with Crippen LogP contribution in [0.15, 0.2) is 60.8 Å². The van der Waals surface area contributed by atoms with Gasteiger partial charge < -0.3 is 14.8 Å². The highest BCUT2D eigenvalue weighted by Gasteiger charge is 2.49. The number of hydrogen-bond acceptors (Lipinski definition) is 3. The lowest BCUT2D eigenvalue weighted by atomic mass is 9.72. The molecule has 1 aromatic heterocycles. The third kappa shape index (κ3) is 3.80. The van der Waals surface area contributed by atoms with E-state index in [1.165, 1.54) is 16.5 Å². The van der Waals surface area contributed by atoms with Gasteiger partial charge in [-0.2, -0.15) is 0 Å². The molecule has 0 radical (unpaired) electrons. The zero-order valence-electron chi connectivity index (χ0n) is 16.8. The Morgan fingerprint density at radius 1 is 1.14 bits per heavy atom. The van der Waals surface area contributed by atoms with Gasteiger partial charge >= 0.3 is 5.97 Å². The van der Waals surface area contributed by atoms with Gasteiger partial charge in [0.2, 0.25) is 0 Å². The smallest absolute Gasteiger partial charge is 0.313 e. The van der Waals surface area contributed by atoms with Gasteiger partial charge in [0, 0.05) is 37.9 Å². The molecular weight excluding hydrogens is 364 g/mol. The minimum atomic E-state index is -1.19. The highest BCUT2D eigenvalue weighted by atomic mass is 16.4. The molecule has 1 fully saturated rings. The Morgan fingerprint density at radius 3 is 2.66 bits per heavy atom. The second-order valence-corrected chi connectivity index (χ2v) is 8.13. The minimum absolute atomic E-state index is 0.333. The predicted molar refractivity (Wildman–Crippen MR) is 114 cm³/mol. The number of benzene rings is 2. The Bertz CT molecular complexity index is 998. The molecule has 1 saturated heterocycles. The van der Waals surface area contributed by atoms with E-state index < -0.39 is 17.5 Å². The van der Waals surface area contributed by atoms with Crippen molar-refractivity contribution in [1.82, 2.24) is 9.47 Å². The van der Waals surface area contributed by atoms with Crippen LogP contribution in [0.5, 0.6) is 0 Å². The number of fused-ring (bicyclic) bond motifs is 1. The first-order valence-corrected chi connectivity index (χ1v) is 10.3. The average Bonchev–Trinajstić information content (AvgIpc) is 3.13. The summed E-state index contributed by atoms with van der Waals surface area (Å²) in [5.41, 5.74) is 2.14. The second-order valence-electron chi connectivity index (χ2n) is 8.13. The molecule has 1 aliphatic rings. The van der Waals surface area contributed by atoms with E-state index >= 15 is 0 Å². The maximum Gasteiger partial charge on any atom is 0.313 e. The van der Waals surface area contributed by atoms with E-state index in [0.29, 0.717) is 32.5 Å². The van der Waals surface area contributed by atoms with Gasteiger partial charge in [-0.1, -0.05) is 36.4 Å². The normalized spacial score (nSPS) is 22.8. The number of aryl methyl sites for hydroxylation is 1. The fourth-order valence-corrected chi connectivity index (χ4v) is 4.60. The third-order valence-electron chi connectivity index (χ3n) is 6.23. The van der Waals surface area contributed by atoms with Crippen LogP contribution in [0.3, 0.4) is 0 Å². The number of aliphatic hydroxyl groups excluding tert-OH is 1. The maximum atomic E-state index is 12.3. The highest BCUT2D eigenvalue weighted by molar-refractivity contribution is 5.81. The zero-order chi connectivity index (χ0) is 20.4. The Hall–Kier alpha value is -2.63. The number of rotatable bonds is 6. The Kier molecular flexibility index (Phi) is 5.43. The Balaban J connectivity index is 1.56. The molecule has 5 heteroatoms. The van der Waals surface area contributed by atoms with Crippen LogP contribution in [0.25, 0.3) is 10.9 Å². The van der Waals surface area contributed by atoms with Crippen molar-refractivity contribution in [3.05, 3.63) is 71.9 Å². The van der Waals surface area contributed by atoms with Crippen LogP contribution in [-0.4, -0.2) is 44.8 Å². The van der Waals surface area contributed by atoms with Gasteiger partial charge in [0.05, 0.1) is 6.10 Å². The molecule has 2 aromatic carbocycles. The standard InChI is InChI=1S/C24H28N2O3/c1-2-26-13-10-20-14-19(8-9-21(20)26)16-25-12-11-22(27)24(17-25,23(28)29)15-18-6-4-3-5-7-18/h3-10,13-14,22,27H,2,11-12,15-17H2,1H3,(H,28,29)/t22-,24-/m0/s1. The van der Waals surface area contributed by atoms with Crippen molar-refractivity contribution in [2.45, 2.75) is 39.0 Å². The average molecular weight is 392 g/mol. The molecule has 152 valence electrons.